The van der Waals surface area contributed by atoms with Crippen LogP contribution in [0.2, 0.25) is 0 Å². The molecule has 0 fully saturated rings. The molecule has 2 heteroatoms. The molecule has 0 amide bonds. The van der Waals surface area contributed by atoms with E-state index in [1.54, 1.807) is 0 Å². The topological polar surface area (TPSA) is 21.3 Å². The van der Waals surface area contributed by atoms with E-state index >= 15 is 0 Å². The number of benzene rings is 1. The minimum atomic E-state index is 0.596. The van der Waals surface area contributed by atoms with Gasteiger partial charge in [-0.1, -0.05) is 39.8 Å². The molecular weight excluding hydrogens is 210 g/mol. The van der Waals surface area contributed by atoms with E-state index in [4.69, 9.17) is 4.74 Å². The summed E-state index contributed by atoms with van der Waals surface area (Å²) in [6, 6.07) is 8.64. The monoisotopic (exact) mass is 235 g/mol. The van der Waals surface area contributed by atoms with Crippen LogP contribution in [0.5, 0.6) is 0 Å². The van der Waals surface area contributed by atoms with Gasteiger partial charge in [-0.15, -0.1) is 0 Å². The lowest BCUT2D eigenvalue weighted by Crippen LogP contribution is -2.12. The highest BCUT2D eigenvalue weighted by Gasteiger charge is 1.98. The molecule has 0 saturated heterocycles. The smallest absolute Gasteiger partial charge is 0.0639 e. The SMILES string of the molecule is CC(C)COCCNc1ccc(C(C)C)cc1. The van der Waals surface area contributed by atoms with Gasteiger partial charge < -0.3 is 10.1 Å². The van der Waals surface area contributed by atoms with Gasteiger partial charge in [0.15, 0.2) is 0 Å². The zero-order valence-corrected chi connectivity index (χ0v) is 11.5. The third-order valence-corrected chi connectivity index (χ3v) is 2.60. The highest BCUT2D eigenvalue weighted by molar-refractivity contribution is 5.45. The molecular formula is C15H25NO. The van der Waals surface area contributed by atoms with Gasteiger partial charge in [-0.25, -0.2) is 0 Å². The molecule has 0 spiro atoms. The summed E-state index contributed by atoms with van der Waals surface area (Å²) in [5.74, 6) is 1.21. The lowest BCUT2D eigenvalue weighted by molar-refractivity contribution is 0.118. The molecule has 0 heterocycles. The third kappa shape index (κ3) is 5.73. The summed E-state index contributed by atoms with van der Waals surface area (Å²) >= 11 is 0. The first-order valence-electron chi connectivity index (χ1n) is 6.51. The standard InChI is InChI=1S/C15H25NO/c1-12(2)11-17-10-9-16-15-7-5-14(6-8-15)13(3)4/h5-8,12-13,16H,9-11H2,1-4H3. The molecule has 1 aromatic rings. The largest absolute Gasteiger partial charge is 0.383 e. The number of nitrogens with one attached hydrogen (secondary N) is 1. The number of ether oxygens (including phenoxy) is 1. The van der Waals surface area contributed by atoms with E-state index in [0.717, 1.165) is 19.8 Å². The van der Waals surface area contributed by atoms with E-state index in [1.807, 2.05) is 0 Å². The maximum atomic E-state index is 5.52. The first kappa shape index (κ1) is 14.0. The fraction of sp³-hybridized carbons (Fsp3) is 0.600. The maximum absolute atomic E-state index is 5.52. The molecule has 1 aromatic carbocycles. The Morgan fingerprint density at radius 3 is 2.24 bits per heavy atom. The summed E-state index contributed by atoms with van der Waals surface area (Å²) in [5, 5.41) is 3.36. The van der Waals surface area contributed by atoms with Crippen molar-refractivity contribution in [3.63, 3.8) is 0 Å². The van der Waals surface area contributed by atoms with Gasteiger partial charge >= 0.3 is 0 Å². The van der Waals surface area contributed by atoms with Gasteiger partial charge in [-0.05, 0) is 29.5 Å². The predicted octanol–water partition coefficient (Wildman–Crippen LogP) is 3.89. The van der Waals surface area contributed by atoms with Crippen LogP contribution in [0.4, 0.5) is 5.69 Å². The lowest BCUT2D eigenvalue weighted by atomic mass is 10.0. The summed E-state index contributed by atoms with van der Waals surface area (Å²) < 4.78 is 5.52. The zero-order chi connectivity index (χ0) is 12.7. The van der Waals surface area contributed by atoms with E-state index in [0.29, 0.717) is 11.8 Å². The van der Waals surface area contributed by atoms with Crippen LogP contribution in [-0.2, 0) is 4.74 Å². The van der Waals surface area contributed by atoms with Gasteiger partial charge in [0, 0.05) is 18.8 Å². The van der Waals surface area contributed by atoms with Crippen LogP contribution in [0, 0.1) is 5.92 Å². The van der Waals surface area contributed by atoms with Gasteiger partial charge in [0.1, 0.15) is 0 Å². The first-order valence-corrected chi connectivity index (χ1v) is 6.51. The molecule has 0 radical (unpaired) electrons. The molecule has 2 nitrogen and oxygen atoms in total. The van der Waals surface area contributed by atoms with E-state index < -0.39 is 0 Å². The summed E-state index contributed by atoms with van der Waals surface area (Å²) in [4.78, 5) is 0. The van der Waals surface area contributed by atoms with E-state index in [-0.39, 0.29) is 0 Å². The van der Waals surface area contributed by atoms with Crippen LogP contribution in [0.15, 0.2) is 24.3 Å². The van der Waals surface area contributed by atoms with Crippen LogP contribution >= 0.6 is 0 Å². The van der Waals surface area contributed by atoms with Crippen molar-refractivity contribution in [3.8, 4) is 0 Å². The third-order valence-electron chi connectivity index (χ3n) is 2.60. The van der Waals surface area contributed by atoms with Crippen LogP contribution in [0.1, 0.15) is 39.2 Å². The van der Waals surface area contributed by atoms with E-state index in [1.165, 1.54) is 11.3 Å². The average Bonchev–Trinajstić information content (AvgIpc) is 2.29. The minimum Gasteiger partial charge on any atom is -0.383 e. The Balaban J connectivity index is 2.23. The number of hydrogen-bond donors (Lipinski definition) is 1. The Labute approximate surface area is 105 Å². The van der Waals surface area contributed by atoms with Crippen LogP contribution < -0.4 is 5.32 Å². The fourth-order valence-corrected chi connectivity index (χ4v) is 1.57. The predicted molar refractivity (Wildman–Crippen MR) is 74.7 cm³/mol. The van der Waals surface area contributed by atoms with Crippen molar-refractivity contribution in [2.75, 3.05) is 25.1 Å². The molecule has 0 unspecified atom stereocenters. The van der Waals surface area contributed by atoms with Crippen molar-refractivity contribution < 1.29 is 4.74 Å². The summed E-state index contributed by atoms with van der Waals surface area (Å²) in [5.41, 5.74) is 2.55. The molecule has 0 bridgehead atoms. The molecule has 0 aliphatic carbocycles. The highest BCUT2D eigenvalue weighted by Crippen LogP contribution is 2.16. The van der Waals surface area contributed by atoms with Gasteiger partial charge in [0.2, 0.25) is 0 Å². The Morgan fingerprint density at radius 2 is 1.71 bits per heavy atom. The average molecular weight is 235 g/mol. The number of hydrogen-bond acceptors (Lipinski definition) is 2. The van der Waals surface area contributed by atoms with E-state index in [2.05, 4.69) is 57.3 Å². The van der Waals surface area contributed by atoms with Crippen molar-refractivity contribution in [2.24, 2.45) is 5.92 Å². The second kappa shape index (κ2) is 7.33. The van der Waals surface area contributed by atoms with Crippen molar-refractivity contribution in [1.82, 2.24) is 0 Å². The van der Waals surface area contributed by atoms with Crippen molar-refractivity contribution in [2.45, 2.75) is 33.6 Å². The molecule has 1 rings (SSSR count). The van der Waals surface area contributed by atoms with Crippen molar-refractivity contribution >= 4 is 5.69 Å². The van der Waals surface area contributed by atoms with Crippen LogP contribution in [0.3, 0.4) is 0 Å². The molecule has 0 aromatic heterocycles. The normalized spacial score (nSPS) is 11.2. The molecule has 96 valence electrons. The first-order chi connectivity index (χ1) is 8.09. The van der Waals surface area contributed by atoms with E-state index in [9.17, 15) is 0 Å². The van der Waals surface area contributed by atoms with Crippen LogP contribution in [0.25, 0.3) is 0 Å². The second-order valence-electron chi connectivity index (χ2n) is 5.17. The van der Waals surface area contributed by atoms with Crippen molar-refractivity contribution in [1.29, 1.82) is 0 Å². The van der Waals surface area contributed by atoms with Crippen LogP contribution in [-0.4, -0.2) is 19.8 Å². The Kier molecular flexibility index (Phi) is 6.06. The maximum Gasteiger partial charge on any atom is 0.0639 e. The molecule has 0 aliphatic heterocycles. The lowest BCUT2D eigenvalue weighted by Gasteiger charge is -2.10. The minimum absolute atomic E-state index is 0.596. The van der Waals surface area contributed by atoms with Gasteiger partial charge in [0.05, 0.1) is 6.61 Å². The number of rotatable bonds is 7. The molecule has 0 aliphatic rings. The highest BCUT2D eigenvalue weighted by atomic mass is 16.5. The summed E-state index contributed by atoms with van der Waals surface area (Å²) in [7, 11) is 0. The molecule has 0 saturated carbocycles. The van der Waals surface area contributed by atoms with Gasteiger partial charge in [-0.2, -0.15) is 0 Å². The van der Waals surface area contributed by atoms with Crippen molar-refractivity contribution in [3.05, 3.63) is 29.8 Å². The second-order valence-corrected chi connectivity index (χ2v) is 5.17. The Morgan fingerprint density at radius 1 is 1.06 bits per heavy atom. The van der Waals surface area contributed by atoms with Gasteiger partial charge in [0.25, 0.3) is 0 Å². The Hall–Kier alpha value is -1.02. The summed E-state index contributed by atoms with van der Waals surface area (Å²) in [6.07, 6.45) is 0. The molecule has 1 N–H and O–H groups in total. The molecule has 0 atom stereocenters. The number of anilines is 1. The Bertz CT molecular complexity index is 303. The summed E-state index contributed by atoms with van der Waals surface area (Å²) in [6.45, 7) is 11.2. The molecule has 17 heavy (non-hydrogen) atoms. The van der Waals surface area contributed by atoms with Gasteiger partial charge in [-0.3, -0.25) is 0 Å². The zero-order valence-electron chi connectivity index (χ0n) is 11.5. The fourth-order valence-electron chi connectivity index (χ4n) is 1.57. The quantitative estimate of drug-likeness (QED) is 0.724.